The van der Waals surface area contributed by atoms with Gasteiger partial charge in [-0.1, -0.05) is 182 Å². The van der Waals surface area contributed by atoms with E-state index < -0.39 is 0 Å². The Morgan fingerprint density at radius 1 is 0.255 bits per heavy atom. The predicted molar refractivity (Wildman–Crippen MR) is 218 cm³/mol. The third-order valence-corrected chi connectivity index (χ3v) is 9.87. The highest BCUT2D eigenvalue weighted by atomic mass is 15.1. The fraction of sp³-hybridized carbons (Fsp3) is 0. The van der Waals surface area contributed by atoms with E-state index in [2.05, 4.69) is 217 Å². The van der Waals surface area contributed by atoms with Crippen molar-refractivity contribution in [1.29, 1.82) is 0 Å². The summed E-state index contributed by atoms with van der Waals surface area (Å²) in [5.41, 5.74) is 13.0. The lowest BCUT2D eigenvalue weighted by atomic mass is 9.93. The van der Waals surface area contributed by atoms with Crippen LogP contribution in [0.3, 0.4) is 0 Å². The number of anilines is 3. The maximum Gasteiger partial charge on any atom is 0.0546 e. The molecule has 0 radical (unpaired) electrons. The molecule has 0 aliphatic carbocycles. The third kappa shape index (κ3) is 5.86. The summed E-state index contributed by atoms with van der Waals surface area (Å²) in [4.78, 5) is 2.43. The van der Waals surface area contributed by atoms with E-state index in [1.54, 1.807) is 0 Å². The predicted octanol–water partition coefficient (Wildman–Crippen LogP) is 14.1. The molecule has 0 heterocycles. The average Bonchev–Trinajstić information content (AvgIpc) is 3.22. The van der Waals surface area contributed by atoms with Gasteiger partial charge >= 0.3 is 0 Å². The molecule has 0 bridgehead atoms. The van der Waals surface area contributed by atoms with Crippen molar-refractivity contribution in [2.75, 3.05) is 4.90 Å². The molecule has 240 valence electrons. The first-order valence-electron chi connectivity index (χ1n) is 17.5. The maximum absolute atomic E-state index is 2.43. The van der Waals surface area contributed by atoms with Crippen molar-refractivity contribution >= 4 is 38.6 Å². The Hall–Kier alpha value is -6.70. The summed E-state index contributed by atoms with van der Waals surface area (Å²) >= 11 is 0. The molecule has 0 N–H and O–H groups in total. The van der Waals surface area contributed by atoms with Gasteiger partial charge in [-0.05, 0) is 91.0 Å². The van der Waals surface area contributed by atoms with Crippen LogP contribution >= 0.6 is 0 Å². The minimum atomic E-state index is 1.10. The van der Waals surface area contributed by atoms with Crippen molar-refractivity contribution in [2.24, 2.45) is 0 Å². The van der Waals surface area contributed by atoms with E-state index in [1.165, 1.54) is 66.1 Å². The zero-order chi connectivity index (χ0) is 34.0. The first-order valence-corrected chi connectivity index (χ1v) is 17.5. The van der Waals surface area contributed by atoms with E-state index >= 15 is 0 Å². The number of hydrogen-bond acceptors (Lipinski definition) is 1. The van der Waals surface area contributed by atoms with Crippen LogP contribution in [0.5, 0.6) is 0 Å². The molecule has 9 aromatic carbocycles. The van der Waals surface area contributed by atoms with Gasteiger partial charge in [-0.15, -0.1) is 0 Å². The van der Waals surface area contributed by atoms with Crippen LogP contribution in [0.1, 0.15) is 0 Å². The number of rotatable bonds is 7. The van der Waals surface area contributed by atoms with Crippen molar-refractivity contribution in [3.63, 3.8) is 0 Å². The Morgan fingerprint density at radius 3 is 1.29 bits per heavy atom. The second kappa shape index (κ2) is 13.3. The van der Waals surface area contributed by atoms with E-state index in [4.69, 9.17) is 0 Å². The highest BCUT2D eigenvalue weighted by Gasteiger charge is 2.19. The lowest BCUT2D eigenvalue weighted by Crippen LogP contribution is -2.11. The standard InChI is InChI=1S/C50H35N/c1-4-14-36(15-5-1)37-24-26-38(27-25-37)39-28-30-43(31-29-39)51(50-34-42-20-10-11-21-45(42)47-22-12-13-23-48(47)50)44-32-33-46(40-16-6-2-7-17-40)49(35-44)41-18-8-3-9-19-41/h1-35H. The van der Waals surface area contributed by atoms with Crippen LogP contribution < -0.4 is 4.90 Å². The molecule has 1 nitrogen and oxygen atoms in total. The number of nitrogens with zero attached hydrogens (tertiary/aromatic N) is 1. The molecular weight excluding hydrogens is 615 g/mol. The zero-order valence-corrected chi connectivity index (χ0v) is 28.2. The van der Waals surface area contributed by atoms with Crippen LogP contribution in [0, 0.1) is 0 Å². The van der Waals surface area contributed by atoms with Crippen molar-refractivity contribution < 1.29 is 0 Å². The van der Waals surface area contributed by atoms with E-state index in [0.29, 0.717) is 0 Å². The summed E-state index contributed by atoms with van der Waals surface area (Å²) in [6, 6.07) is 76.6. The largest absolute Gasteiger partial charge is 0.310 e. The Morgan fingerprint density at radius 2 is 0.686 bits per heavy atom. The third-order valence-electron chi connectivity index (χ3n) is 9.87. The van der Waals surface area contributed by atoms with Gasteiger partial charge in [-0.3, -0.25) is 0 Å². The van der Waals surface area contributed by atoms with Crippen LogP contribution in [-0.2, 0) is 0 Å². The Labute approximate surface area is 299 Å². The molecule has 0 aliphatic heterocycles. The number of benzene rings is 9. The minimum Gasteiger partial charge on any atom is -0.310 e. The molecule has 9 aromatic rings. The smallest absolute Gasteiger partial charge is 0.0546 e. The first kappa shape index (κ1) is 30.4. The molecular formula is C50H35N. The van der Waals surface area contributed by atoms with Gasteiger partial charge in [-0.2, -0.15) is 0 Å². The normalized spacial score (nSPS) is 11.1. The Bertz CT molecular complexity index is 2590. The summed E-state index contributed by atoms with van der Waals surface area (Å²) in [5, 5.41) is 4.94. The first-order chi connectivity index (χ1) is 25.3. The topological polar surface area (TPSA) is 3.24 Å². The highest BCUT2D eigenvalue weighted by Crippen LogP contribution is 2.45. The quantitative estimate of drug-likeness (QED) is 0.155. The van der Waals surface area contributed by atoms with Crippen LogP contribution in [0.25, 0.3) is 66.1 Å². The van der Waals surface area contributed by atoms with Gasteiger partial charge in [0.2, 0.25) is 0 Å². The average molecular weight is 650 g/mol. The molecule has 0 aromatic heterocycles. The Balaban J connectivity index is 1.22. The monoisotopic (exact) mass is 649 g/mol. The van der Waals surface area contributed by atoms with E-state index in [9.17, 15) is 0 Å². The summed E-state index contributed by atoms with van der Waals surface area (Å²) < 4.78 is 0. The maximum atomic E-state index is 2.43. The van der Waals surface area contributed by atoms with Gasteiger partial charge in [0, 0.05) is 16.8 Å². The van der Waals surface area contributed by atoms with Gasteiger partial charge in [0.25, 0.3) is 0 Å². The van der Waals surface area contributed by atoms with Gasteiger partial charge in [-0.25, -0.2) is 0 Å². The lowest BCUT2D eigenvalue weighted by Gasteiger charge is -2.29. The molecule has 1 heteroatoms. The van der Waals surface area contributed by atoms with Gasteiger partial charge in [0.05, 0.1) is 5.69 Å². The van der Waals surface area contributed by atoms with Crippen LogP contribution in [0.2, 0.25) is 0 Å². The van der Waals surface area contributed by atoms with Gasteiger partial charge in [0.15, 0.2) is 0 Å². The van der Waals surface area contributed by atoms with Gasteiger partial charge in [0.1, 0.15) is 0 Å². The molecule has 0 saturated carbocycles. The summed E-state index contributed by atoms with van der Waals surface area (Å²) in [5.74, 6) is 0. The summed E-state index contributed by atoms with van der Waals surface area (Å²) in [6.45, 7) is 0. The minimum absolute atomic E-state index is 1.10. The molecule has 0 amide bonds. The molecule has 51 heavy (non-hydrogen) atoms. The second-order valence-corrected chi connectivity index (χ2v) is 13.0. The molecule has 0 unspecified atom stereocenters. The molecule has 9 rings (SSSR count). The van der Waals surface area contributed by atoms with E-state index in [1.807, 2.05) is 0 Å². The van der Waals surface area contributed by atoms with Crippen LogP contribution in [0.15, 0.2) is 212 Å². The van der Waals surface area contributed by atoms with Crippen molar-refractivity contribution in [1.82, 2.24) is 0 Å². The van der Waals surface area contributed by atoms with Crippen LogP contribution in [-0.4, -0.2) is 0 Å². The van der Waals surface area contributed by atoms with Crippen molar-refractivity contribution in [3.8, 4) is 44.5 Å². The molecule has 0 aliphatic rings. The molecule has 0 atom stereocenters. The van der Waals surface area contributed by atoms with Crippen molar-refractivity contribution in [3.05, 3.63) is 212 Å². The Kier molecular flexibility index (Phi) is 7.92. The summed E-state index contributed by atoms with van der Waals surface area (Å²) in [7, 11) is 0. The molecule has 0 spiro atoms. The fourth-order valence-electron chi connectivity index (χ4n) is 7.33. The van der Waals surface area contributed by atoms with Gasteiger partial charge < -0.3 is 4.90 Å². The zero-order valence-electron chi connectivity index (χ0n) is 28.2. The summed E-state index contributed by atoms with van der Waals surface area (Å²) in [6.07, 6.45) is 0. The molecule has 0 fully saturated rings. The van der Waals surface area contributed by atoms with Crippen molar-refractivity contribution in [2.45, 2.75) is 0 Å². The number of hydrogen-bond donors (Lipinski definition) is 0. The van der Waals surface area contributed by atoms with Crippen LogP contribution in [0.4, 0.5) is 17.1 Å². The SMILES string of the molecule is c1ccc(-c2ccc(-c3ccc(N(c4ccc(-c5ccccc5)c(-c5ccccc5)c4)c4cc5ccccc5c5ccccc45)cc3)cc2)cc1. The van der Waals surface area contributed by atoms with E-state index in [0.717, 1.165) is 17.1 Å². The second-order valence-electron chi connectivity index (χ2n) is 13.0. The highest BCUT2D eigenvalue weighted by molar-refractivity contribution is 6.14. The van der Waals surface area contributed by atoms with E-state index in [-0.39, 0.29) is 0 Å². The lowest BCUT2D eigenvalue weighted by molar-refractivity contribution is 1.30. The molecule has 0 saturated heterocycles. The fourth-order valence-corrected chi connectivity index (χ4v) is 7.33. The number of fused-ring (bicyclic) bond motifs is 3.